The van der Waals surface area contributed by atoms with Gasteiger partial charge in [-0.1, -0.05) is 43.1 Å². The first kappa shape index (κ1) is 26.7. The van der Waals surface area contributed by atoms with Crippen LogP contribution in [0.4, 0.5) is 10.5 Å². The second-order valence-corrected chi connectivity index (χ2v) is 11.7. The lowest BCUT2D eigenvalue weighted by atomic mass is 9.99. The highest BCUT2D eigenvalue weighted by Gasteiger charge is 2.53. The van der Waals surface area contributed by atoms with Gasteiger partial charge in [0, 0.05) is 21.4 Å². The van der Waals surface area contributed by atoms with E-state index in [4.69, 9.17) is 32.7 Å². The highest BCUT2D eigenvalue weighted by Crippen LogP contribution is 2.47. The Morgan fingerprint density at radius 2 is 1.76 bits per heavy atom. The molecule has 3 aromatic rings. The highest BCUT2D eigenvalue weighted by molar-refractivity contribution is 7.99. The summed E-state index contributed by atoms with van der Waals surface area (Å²) in [5.41, 5.74) is 4.29. The molecule has 0 saturated carbocycles. The molecule has 9 heteroatoms. The van der Waals surface area contributed by atoms with Crippen LogP contribution in [-0.4, -0.2) is 35.7 Å². The average Bonchev–Trinajstić information content (AvgIpc) is 3.43. The van der Waals surface area contributed by atoms with Crippen LogP contribution in [0.1, 0.15) is 47.4 Å². The van der Waals surface area contributed by atoms with Crippen molar-refractivity contribution < 1.29 is 19.1 Å². The zero-order chi connectivity index (χ0) is 27.1. The molecule has 3 amide bonds. The maximum Gasteiger partial charge on any atom is 0.333 e. The summed E-state index contributed by atoms with van der Waals surface area (Å²) in [6, 6.07) is 15.6. The third-order valence-corrected chi connectivity index (χ3v) is 8.65. The Kier molecular flexibility index (Phi) is 7.54. The van der Waals surface area contributed by atoms with Crippen molar-refractivity contribution in [3.05, 3.63) is 86.9 Å². The number of urea groups is 1. The Hall–Kier alpha value is -2.87. The quantitative estimate of drug-likeness (QED) is 0.274. The average molecular weight is 572 g/mol. The number of aryl methyl sites for hydroxylation is 1. The maximum absolute atomic E-state index is 13.5. The summed E-state index contributed by atoms with van der Waals surface area (Å²) in [6.07, 6.45) is 0. The van der Waals surface area contributed by atoms with Crippen molar-refractivity contribution in [2.24, 2.45) is 0 Å². The number of fused-ring (bicyclic) bond motifs is 1. The number of anilines is 1. The van der Waals surface area contributed by atoms with Crippen molar-refractivity contribution in [2.75, 3.05) is 17.8 Å². The molecule has 0 aliphatic carbocycles. The van der Waals surface area contributed by atoms with Crippen LogP contribution in [-0.2, 0) is 11.4 Å². The topological polar surface area (TPSA) is 59.1 Å². The third-order valence-electron chi connectivity index (χ3n) is 6.85. The number of hydrogen-bond acceptors (Lipinski definition) is 5. The van der Waals surface area contributed by atoms with Gasteiger partial charge >= 0.3 is 6.03 Å². The SMILES string of the molecule is COc1ccc([C@H]2SC[C@H]3C(=O)N(c4ccc(Cl)cc4)C(=O)N23)cc1COc1c(C)cc(Cl)cc1C(C)C. The predicted molar refractivity (Wildman–Crippen MR) is 153 cm³/mol. The summed E-state index contributed by atoms with van der Waals surface area (Å²) >= 11 is 13.9. The van der Waals surface area contributed by atoms with Gasteiger partial charge in [0.1, 0.15) is 29.5 Å². The van der Waals surface area contributed by atoms with Crippen LogP contribution in [0, 0.1) is 6.92 Å². The summed E-state index contributed by atoms with van der Waals surface area (Å²) in [4.78, 5) is 29.6. The molecule has 0 N–H and O–H groups in total. The van der Waals surface area contributed by atoms with E-state index in [1.807, 2.05) is 37.3 Å². The molecule has 0 unspecified atom stereocenters. The molecule has 2 fully saturated rings. The summed E-state index contributed by atoms with van der Waals surface area (Å²) in [5.74, 6) is 2.05. The van der Waals surface area contributed by atoms with Gasteiger partial charge in [-0.2, -0.15) is 0 Å². The van der Waals surface area contributed by atoms with Crippen molar-refractivity contribution in [1.29, 1.82) is 0 Å². The molecule has 0 radical (unpaired) electrons. The first-order chi connectivity index (χ1) is 18.2. The van der Waals surface area contributed by atoms with Crippen LogP contribution < -0.4 is 14.4 Å². The molecule has 38 heavy (non-hydrogen) atoms. The van der Waals surface area contributed by atoms with E-state index in [-0.39, 0.29) is 29.8 Å². The molecular formula is C29H28Cl2N2O4S. The Labute approximate surface area is 236 Å². The Balaban J connectivity index is 1.42. The number of ether oxygens (including phenoxy) is 2. The Morgan fingerprint density at radius 3 is 2.45 bits per heavy atom. The van der Waals surface area contributed by atoms with Gasteiger partial charge in [0.2, 0.25) is 0 Å². The molecule has 0 bridgehead atoms. The van der Waals surface area contributed by atoms with Crippen LogP contribution in [0.15, 0.2) is 54.6 Å². The number of imide groups is 1. The van der Waals surface area contributed by atoms with Crippen LogP contribution in [0.3, 0.4) is 0 Å². The maximum atomic E-state index is 13.5. The number of nitrogens with zero attached hydrogens (tertiary/aromatic N) is 2. The molecular weight excluding hydrogens is 543 g/mol. The lowest BCUT2D eigenvalue weighted by molar-refractivity contribution is -0.119. The van der Waals surface area contributed by atoms with Crippen LogP contribution in [0.2, 0.25) is 10.0 Å². The molecule has 2 heterocycles. The number of methoxy groups -OCH3 is 1. The third kappa shape index (κ3) is 4.83. The van der Waals surface area contributed by atoms with Gasteiger partial charge < -0.3 is 9.47 Å². The molecule has 2 aliphatic rings. The fourth-order valence-corrected chi connectivity index (χ4v) is 6.78. The number of benzene rings is 3. The second-order valence-electron chi connectivity index (χ2n) is 9.70. The van der Waals surface area contributed by atoms with E-state index in [0.717, 1.165) is 28.0 Å². The van der Waals surface area contributed by atoms with Gasteiger partial charge in [-0.05, 0) is 78.1 Å². The summed E-state index contributed by atoms with van der Waals surface area (Å²) < 4.78 is 12.0. The zero-order valence-corrected chi connectivity index (χ0v) is 23.9. The van der Waals surface area contributed by atoms with Crippen LogP contribution in [0.5, 0.6) is 11.5 Å². The van der Waals surface area contributed by atoms with E-state index in [9.17, 15) is 9.59 Å². The fourth-order valence-electron chi connectivity index (χ4n) is 4.97. The smallest absolute Gasteiger partial charge is 0.333 e. The first-order valence-corrected chi connectivity index (χ1v) is 14.1. The molecule has 3 aromatic carbocycles. The van der Waals surface area contributed by atoms with E-state index in [2.05, 4.69) is 13.8 Å². The van der Waals surface area contributed by atoms with Crippen molar-refractivity contribution in [3.63, 3.8) is 0 Å². The van der Waals surface area contributed by atoms with E-state index < -0.39 is 6.04 Å². The normalized spacial score (nSPS) is 18.9. The highest BCUT2D eigenvalue weighted by atomic mass is 35.5. The van der Waals surface area contributed by atoms with Gasteiger partial charge in [0.15, 0.2) is 0 Å². The van der Waals surface area contributed by atoms with Gasteiger partial charge in [-0.3, -0.25) is 9.69 Å². The standard InChI is InChI=1S/C29H28Cl2N2O4S/c1-16(2)23-13-21(31)11-17(3)26(23)37-14-19-12-18(5-10-25(19)36-4)28-33-24(15-38-28)27(34)32(29(33)35)22-8-6-20(30)7-9-22/h5-13,16,24,28H,14-15H2,1-4H3/t24-,28+/m0/s1. The minimum absolute atomic E-state index is 0.219. The lowest BCUT2D eigenvalue weighted by Gasteiger charge is -2.24. The lowest BCUT2D eigenvalue weighted by Crippen LogP contribution is -2.33. The van der Waals surface area contributed by atoms with Gasteiger partial charge in [-0.25, -0.2) is 9.69 Å². The van der Waals surface area contributed by atoms with E-state index >= 15 is 0 Å². The number of halogens is 2. The van der Waals surface area contributed by atoms with Gasteiger partial charge in [0.05, 0.1) is 12.8 Å². The molecule has 0 spiro atoms. The number of carbonyl (C=O) groups is 2. The molecule has 0 aromatic heterocycles. The van der Waals surface area contributed by atoms with E-state index in [1.54, 1.807) is 48.0 Å². The molecule has 2 aliphatic heterocycles. The van der Waals surface area contributed by atoms with Crippen molar-refractivity contribution in [1.82, 2.24) is 4.90 Å². The summed E-state index contributed by atoms with van der Waals surface area (Å²) in [7, 11) is 1.62. The zero-order valence-electron chi connectivity index (χ0n) is 21.5. The summed E-state index contributed by atoms with van der Waals surface area (Å²) in [6.45, 7) is 6.48. The van der Waals surface area contributed by atoms with Crippen molar-refractivity contribution in [2.45, 2.75) is 44.7 Å². The van der Waals surface area contributed by atoms with Gasteiger partial charge in [0.25, 0.3) is 5.91 Å². The number of hydrogen-bond donors (Lipinski definition) is 0. The fraction of sp³-hybridized carbons (Fsp3) is 0.310. The molecule has 2 atom stereocenters. The Morgan fingerprint density at radius 1 is 1.03 bits per heavy atom. The monoisotopic (exact) mass is 570 g/mol. The van der Waals surface area contributed by atoms with Crippen LogP contribution >= 0.6 is 35.0 Å². The molecule has 6 nitrogen and oxygen atoms in total. The second kappa shape index (κ2) is 10.7. The number of carbonyl (C=O) groups excluding carboxylic acids is 2. The van der Waals surface area contributed by atoms with E-state index in [1.165, 1.54) is 4.90 Å². The molecule has 5 rings (SSSR count). The number of thioether (sulfide) groups is 1. The first-order valence-electron chi connectivity index (χ1n) is 12.3. The predicted octanol–water partition coefficient (Wildman–Crippen LogP) is 7.60. The minimum atomic E-state index is -0.514. The van der Waals surface area contributed by atoms with Gasteiger partial charge in [-0.15, -0.1) is 11.8 Å². The minimum Gasteiger partial charge on any atom is -0.496 e. The molecule has 2 saturated heterocycles. The largest absolute Gasteiger partial charge is 0.496 e. The molecule has 198 valence electrons. The van der Waals surface area contributed by atoms with Crippen molar-refractivity contribution >= 4 is 52.6 Å². The summed E-state index contributed by atoms with van der Waals surface area (Å²) in [5, 5.41) is 0.925. The number of rotatable bonds is 7. The van der Waals surface area contributed by atoms with Crippen LogP contribution in [0.25, 0.3) is 0 Å². The number of amides is 3. The van der Waals surface area contributed by atoms with Crippen molar-refractivity contribution in [3.8, 4) is 11.5 Å². The van der Waals surface area contributed by atoms with E-state index in [0.29, 0.717) is 27.2 Å². The Bertz CT molecular complexity index is 1400.